The third-order valence-electron chi connectivity index (χ3n) is 5.01. The third-order valence-corrected chi connectivity index (χ3v) is 5.90. The number of hydrogen-bond acceptors (Lipinski definition) is 5. The van der Waals surface area contributed by atoms with Crippen molar-refractivity contribution in [2.45, 2.75) is 20.8 Å². The number of nitrogens with zero attached hydrogens (tertiary/aromatic N) is 1. The van der Waals surface area contributed by atoms with Crippen molar-refractivity contribution >= 4 is 40.1 Å². The highest BCUT2D eigenvalue weighted by Crippen LogP contribution is 2.36. The summed E-state index contributed by atoms with van der Waals surface area (Å²) in [7, 11) is 0. The SMILES string of the molecule is CCOc1cccc(N2C(=O)C(Nc3ccc(C)c(C)c3)=C(c3cccs3)C2=O)c1. The van der Waals surface area contributed by atoms with Crippen LogP contribution in [0, 0.1) is 13.8 Å². The molecule has 0 saturated heterocycles. The van der Waals surface area contributed by atoms with Gasteiger partial charge in [-0.05, 0) is 67.6 Å². The molecule has 1 N–H and O–H groups in total. The van der Waals surface area contributed by atoms with Gasteiger partial charge in [-0.25, -0.2) is 4.90 Å². The van der Waals surface area contributed by atoms with Gasteiger partial charge in [0, 0.05) is 16.6 Å². The number of anilines is 2. The maximum Gasteiger partial charge on any atom is 0.282 e. The van der Waals surface area contributed by atoms with Crippen molar-refractivity contribution in [1.29, 1.82) is 0 Å². The third kappa shape index (κ3) is 3.62. The Labute approximate surface area is 179 Å². The van der Waals surface area contributed by atoms with E-state index < -0.39 is 0 Å². The number of nitrogens with one attached hydrogen (secondary N) is 1. The first-order valence-corrected chi connectivity index (χ1v) is 10.6. The van der Waals surface area contributed by atoms with E-state index in [-0.39, 0.29) is 17.5 Å². The minimum absolute atomic E-state index is 0.285. The van der Waals surface area contributed by atoms with Crippen LogP contribution in [0.4, 0.5) is 11.4 Å². The number of carbonyl (C=O) groups is 2. The van der Waals surface area contributed by atoms with E-state index in [9.17, 15) is 9.59 Å². The highest BCUT2D eigenvalue weighted by molar-refractivity contribution is 7.11. The monoisotopic (exact) mass is 418 g/mol. The fourth-order valence-corrected chi connectivity index (χ4v) is 4.14. The van der Waals surface area contributed by atoms with Crippen LogP contribution in [0.1, 0.15) is 22.9 Å². The van der Waals surface area contributed by atoms with Crippen LogP contribution in [0.15, 0.2) is 65.7 Å². The van der Waals surface area contributed by atoms with E-state index in [2.05, 4.69) is 5.32 Å². The fraction of sp³-hybridized carbons (Fsp3) is 0.167. The van der Waals surface area contributed by atoms with Crippen LogP contribution in [-0.2, 0) is 9.59 Å². The van der Waals surface area contributed by atoms with Crippen molar-refractivity contribution in [2.24, 2.45) is 0 Å². The van der Waals surface area contributed by atoms with Crippen molar-refractivity contribution in [3.8, 4) is 5.75 Å². The molecule has 1 aliphatic heterocycles. The molecule has 152 valence electrons. The van der Waals surface area contributed by atoms with Gasteiger partial charge in [-0.2, -0.15) is 0 Å². The molecule has 2 heterocycles. The first kappa shape index (κ1) is 19.9. The molecule has 0 spiro atoms. The Bertz CT molecular complexity index is 1150. The van der Waals surface area contributed by atoms with Crippen LogP contribution in [-0.4, -0.2) is 18.4 Å². The molecule has 6 heteroatoms. The van der Waals surface area contributed by atoms with Gasteiger partial charge in [-0.15, -0.1) is 11.3 Å². The highest BCUT2D eigenvalue weighted by atomic mass is 32.1. The molecular weight excluding hydrogens is 396 g/mol. The minimum Gasteiger partial charge on any atom is -0.494 e. The molecule has 3 aromatic rings. The van der Waals surface area contributed by atoms with Gasteiger partial charge in [-0.1, -0.05) is 18.2 Å². The lowest BCUT2D eigenvalue weighted by atomic mass is 10.1. The van der Waals surface area contributed by atoms with Crippen molar-refractivity contribution in [3.63, 3.8) is 0 Å². The van der Waals surface area contributed by atoms with Gasteiger partial charge < -0.3 is 10.1 Å². The number of carbonyl (C=O) groups excluding carboxylic acids is 2. The van der Waals surface area contributed by atoms with Crippen molar-refractivity contribution in [3.05, 3.63) is 81.7 Å². The zero-order valence-corrected chi connectivity index (χ0v) is 17.9. The largest absolute Gasteiger partial charge is 0.494 e. The minimum atomic E-state index is -0.379. The maximum atomic E-state index is 13.4. The van der Waals surface area contributed by atoms with Crippen LogP contribution in [0.2, 0.25) is 0 Å². The van der Waals surface area contributed by atoms with Gasteiger partial charge in [0.15, 0.2) is 0 Å². The number of imide groups is 1. The predicted molar refractivity (Wildman–Crippen MR) is 121 cm³/mol. The first-order valence-electron chi connectivity index (χ1n) is 9.73. The van der Waals surface area contributed by atoms with E-state index in [1.807, 2.05) is 56.5 Å². The summed E-state index contributed by atoms with van der Waals surface area (Å²) in [6.45, 7) is 6.44. The number of thiophene rings is 1. The predicted octanol–water partition coefficient (Wildman–Crippen LogP) is 5.16. The van der Waals surface area contributed by atoms with Gasteiger partial charge in [0.25, 0.3) is 11.8 Å². The normalized spacial score (nSPS) is 13.9. The van der Waals surface area contributed by atoms with Crippen molar-refractivity contribution in [2.75, 3.05) is 16.8 Å². The molecular formula is C24H22N2O3S. The van der Waals surface area contributed by atoms with E-state index in [0.29, 0.717) is 23.6 Å². The van der Waals surface area contributed by atoms with Gasteiger partial charge in [-0.3, -0.25) is 9.59 Å². The van der Waals surface area contributed by atoms with Crippen LogP contribution >= 0.6 is 11.3 Å². The number of benzene rings is 2. The Balaban J connectivity index is 1.77. The Morgan fingerprint density at radius 2 is 1.80 bits per heavy atom. The summed E-state index contributed by atoms with van der Waals surface area (Å²) in [5.74, 6) is -0.110. The number of aryl methyl sites for hydroxylation is 2. The van der Waals surface area contributed by atoms with Crippen LogP contribution in [0.3, 0.4) is 0 Å². The van der Waals surface area contributed by atoms with Crippen molar-refractivity contribution < 1.29 is 14.3 Å². The second kappa shape index (κ2) is 8.16. The molecule has 2 amide bonds. The van der Waals surface area contributed by atoms with E-state index in [0.717, 1.165) is 21.7 Å². The molecule has 0 unspecified atom stereocenters. The quantitative estimate of drug-likeness (QED) is 0.562. The molecule has 0 aliphatic carbocycles. The summed E-state index contributed by atoms with van der Waals surface area (Å²) in [4.78, 5) is 28.7. The molecule has 0 fully saturated rings. The fourth-order valence-electron chi connectivity index (χ4n) is 3.37. The lowest BCUT2D eigenvalue weighted by molar-refractivity contribution is -0.120. The molecule has 1 aromatic heterocycles. The lowest BCUT2D eigenvalue weighted by Crippen LogP contribution is -2.32. The summed E-state index contributed by atoms with van der Waals surface area (Å²) in [5, 5.41) is 5.10. The highest BCUT2D eigenvalue weighted by Gasteiger charge is 2.40. The Morgan fingerprint density at radius 3 is 2.50 bits per heavy atom. The number of rotatable bonds is 6. The summed E-state index contributed by atoms with van der Waals surface area (Å²) in [6.07, 6.45) is 0. The zero-order valence-electron chi connectivity index (χ0n) is 17.1. The number of ether oxygens (including phenoxy) is 1. The molecule has 5 nitrogen and oxygen atoms in total. The van der Waals surface area contributed by atoms with Gasteiger partial charge in [0.05, 0.1) is 17.9 Å². The molecule has 1 aliphatic rings. The summed E-state index contributed by atoms with van der Waals surface area (Å²) >= 11 is 1.43. The molecule has 0 atom stereocenters. The Kier molecular flexibility index (Phi) is 5.42. The van der Waals surface area contributed by atoms with Crippen LogP contribution in [0.25, 0.3) is 5.57 Å². The van der Waals surface area contributed by atoms with Crippen LogP contribution in [0.5, 0.6) is 5.75 Å². The summed E-state index contributed by atoms with van der Waals surface area (Å²) in [6, 6.07) is 16.6. The molecule has 30 heavy (non-hydrogen) atoms. The van der Waals surface area contributed by atoms with E-state index in [1.54, 1.807) is 24.3 Å². The Morgan fingerprint density at radius 1 is 0.967 bits per heavy atom. The van der Waals surface area contributed by atoms with Gasteiger partial charge in [0.1, 0.15) is 11.4 Å². The van der Waals surface area contributed by atoms with E-state index >= 15 is 0 Å². The van der Waals surface area contributed by atoms with E-state index in [1.165, 1.54) is 16.2 Å². The average molecular weight is 419 g/mol. The second-order valence-electron chi connectivity index (χ2n) is 7.03. The summed E-state index contributed by atoms with van der Waals surface area (Å²) < 4.78 is 5.55. The van der Waals surface area contributed by atoms with Crippen molar-refractivity contribution in [1.82, 2.24) is 0 Å². The number of amides is 2. The van der Waals surface area contributed by atoms with Crippen LogP contribution < -0.4 is 15.0 Å². The molecule has 0 bridgehead atoms. The average Bonchev–Trinajstić information content (AvgIpc) is 3.32. The maximum absolute atomic E-state index is 13.4. The first-order chi connectivity index (χ1) is 14.5. The lowest BCUT2D eigenvalue weighted by Gasteiger charge is -2.16. The topological polar surface area (TPSA) is 58.6 Å². The summed E-state index contributed by atoms with van der Waals surface area (Å²) in [5.41, 5.74) is 4.20. The second-order valence-corrected chi connectivity index (χ2v) is 7.98. The smallest absolute Gasteiger partial charge is 0.282 e. The zero-order chi connectivity index (χ0) is 21.3. The van der Waals surface area contributed by atoms with E-state index in [4.69, 9.17) is 4.74 Å². The molecule has 0 radical (unpaired) electrons. The number of hydrogen-bond donors (Lipinski definition) is 1. The molecule has 4 rings (SSSR count). The van der Waals surface area contributed by atoms with Gasteiger partial charge in [0.2, 0.25) is 0 Å². The molecule has 2 aromatic carbocycles. The Hall–Kier alpha value is -3.38. The van der Waals surface area contributed by atoms with Gasteiger partial charge >= 0.3 is 0 Å². The standard InChI is InChI=1S/C24H22N2O3S/c1-4-29-19-8-5-7-18(14-19)26-23(27)21(20-9-6-12-30-20)22(24(26)28)25-17-11-10-15(2)16(3)13-17/h5-14,25H,4H2,1-3H3. The molecule has 0 saturated carbocycles.